The summed E-state index contributed by atoms with van der Waals surface area (Å²) in [5.74, 6) is 0. The highest BCUT2D eigenvalue weighted by Crippen LogP contribution is 1.98. The average molecular weight is 180 g/mol. The van der Waals surface area contributed by atoms with Crippen LogP contribution in [0.15, 0.2) is 15.9 Å². The molecule has 0 atom stereocenters. The fraction of sp³-hybridized carbons (Fsp3) is 0. The molecular weight excluding hydrogens is 176 g/mol. The minimum atomic E-state index is -0.666. The van der Waals surface area contributed by atoms with E-state index in [0.29, 0.717) is 6.41 Å². The lowest BCUT2D eigenvalue weighted by atomic mass is 10.5. The first-order valence-corrected chi connectivity index (χ1v) is 3.37. The summed E-state index contributed by atoms with van der Waals surface area (Å²) in [7, 11) is 0. The smallest absolute Gasteiger partial charge is 0.291 e. The number of nitrogens with zero attached hydrogens (tertiary/aromatic N) is 2. The zero-order chi connectivity index (χ0) is 9.42. The third-order valence-corrected chi connectivity index (χ3v) is 1.58. The molecule has 0 spiro atoms. The zero-order valence-electron chi connectivity index (χ0n) is 6.27. The van der Waals surface area contributed by atoms with Gasteiger partial charge >= 0.3 is 5.69 Å². The summed E-state index contributed by atoms with van der Waals surface area (Å²) in [6, 6.07) is 0. The molecule has 0 saturated heterocycles. The fourth-order valence-corrected chi connectivity index (χ4v) is 1.03. The van der Waals surface area contributed by atoms with Gasteiger partial charge in [-0.25, -0.2) is 9.78 Å². The van der Waals surface area contributed by atoms with Gasteiger partial charge < -0.3 is 0 Å². The third-order valence-electron chi connectivity index (χ3n) is 1.58. The van der Waals surface area contributed by atoms with Crippen molar-refractivity contribution in [3.8, 4) is 0 Å². The summed E-state index contributed by atoms with van der Waals surface area (Å²) < 4.78 is 1.02. The van der Waals surface area contributed by atoms with Crippen molar-refractivity contribution in [2.45, 2.75) is 0 Å². The first-order valence-electron chi connectivity index (χ1n) is 3.37. The van der Waals surface area contributed by atoms with Gasteiger partial charge in [-0.2, -0.15) is 0 Å². The number of carbonyl (C=O) groups is 1. The first-order chi connectivity index (χ1) is 6.22. The Morgan fingerprint density at radius 2 is 2.15 bits per heavy atom. The fourth-order valence-electron chi connectivity index (χ4n) is 1.03. The topological polar surface area (TPSA) is 101 Å². The Balaban J connectivity index is 3.06. The summed E-state index contributed by atoms with van der Waals surface area (Å²) in [5, 5.41) is 0. The summed E-state index contributed by atoms with van der Waals surface area (Å²) in [5.41, 5.74) is -1.14. The molecule has 0 aliphatic heterocycles. The van der Waals surface area contributed by atoms with E-state index in [2.05, 4.69) is 9.97 Å². The van der Waals surface area contributed by atoms with Gasteiger partial charge in [-0.1, -0.05) is 0 Å². The average Bonchev–Trinajstić information content (AvgIpc) is 2.47. The van der Waals surface area contributed by atoms with E-state index in [9.17, 15) is 14.4 Å². The van der Waals surface area contributed by atoms with Gasteiger partial charge in [0.2, 0.25) is 6.41 Å². The van der Waals surface area contributed by atoms with Gasteiger partial charge in [0, 0.05) is 0 Å². The Hall–Kier alpha value is -2.18. The molecule has 0 amide bonds. The van der Waals surface area contributed by atoms with Crippen LogP contribution in [0.25, 0.3) is 11.2 Å². The molecule has 7 heteroatoms. The number of aromatic nitrogens is 4. The molecule has 0 aliphatic rings. The van der Waals surface area contributed by atoms with Gasteiger partial charge in [0.15, 0.2) is 11.2 Å². The molecule has 0 bridgehead atoms. The summed E-state index contributed by atoms with van der Waals surface area (Å²) in [6.45, 7) is 0. The monoisotopic (exact) mass is 180 g/mol. The molecule has 2 N–H and O–H groups in total. The number of hydrogen-bond acceptors (Lipinski definition) is 4. The normalized spacial score (nSPS) is 10.5. The van der Waals surface area contributed by atoms with Crippen molar-refractivity contribution in [3.05, 3.63) is 27.2 Å². The van der Waals surface area contributed by atoms with Crippen LogP contribution in [0.2, 0.25) is 0 Å². The number of hydrogen-bond donors (Lipinski definition) is 2. The quantitative estimate of drug-likeness (QED) is 0.519. The predicted octanol–water partition coefficient (Wildman–Crippen LogP) is -1.55. The largest absolute Gasteiger partial charge is 0.327 e. The van der Waals surface area contributed by atoms with E-state index in [0.717, 1.165) is 10.9 Å². The lowest BCUT2D eigenvalue weighted by molar-refractivity contribution is 0.548. The predicted molar refractivity (Wildman–Crippen MR) is 43.1 cm³/mol. The van der Waals surface area contributed by atoms with Crippen LogP contribution in [-0.4, -0.2) is 25.9 Å². The highest BCUT2D eigenvalue weighted by Gasteiger charge is 2.05. The van der Waals surface area contributed by atoms with Crippen molar-refractivity contribution >= 4 is 17.6 Å². The Labute approximate surface area is 70.0 Å². The van der Waals surface area contributed by atoms with Gasteiger partial charge in [0.05, 0.1) is 0 Å². The van der Waals surface area contributed by atoms with Gasteiger partial charge in [-0.15, -0.1) is 0 Å². The summed E-state index contributed by atoms with van der Waals surface area (Å²) in [6.07, 6.45) is 1.60. The number of imidazole rings is 1. The van der Waals surface area contributed by atoms with Crippen molar-refractivity contribution in [1.82, 2.24) is 19.5 Å². The number of rotatable bonds is 1. The van der Waals surface area contributed by atoms with Crippen LogP contribution in [0.1, 0.15) is 0 Å². The molecular formula is C6H4N4O3. The molecule has 2 heterocycles. The second-order valence-electron chi connectivity index (χ2n) is 2.36. The molecule has 0 aromatic carbocycles. The van der Waals surface area contributed by atoms with E-state index >= 15 is 0 Å². The van der Waals surface area contributed by atoms with E-state index in [1.54, 1.807) is 0 Å². The van der Waals surface area contributed by atoms with Crippen LogP contribution < -0.4 is 11.2 Å². The van der Waals surface area contributed by atoms with Crippen LogP contribution in [0, 0.1) is 0 Å². The third kappa shape index (κ3) is 0.975. The zero-order valence-corrected chi connectivity index (χ0v) is 6.27. The number of nitrogens with one attached hydrogen (secondary N) is 2. The minimum Gasteiger partial charge on any atom is -0.291 e. The highest BCUT2D eigenvalue weighted by atomic mass is 16.2. The molecule has 2 aromatic rings. The van der Waals surface area contributed by atoms with Crippen LogP contribution in [-0.2, 0) is 4.79 Å². The molecule has 66 valence electrons. The first kappa shape index (κ1) is 7.47. The molecule has 0 fully saturated rings. The van der Waals surface area contributed by atoms with E-state index < -0.39 is 11.2 Å². The molecule has 0 aliphatic carbocycles. The Morgan fingerprint density at radius 1 is 1.38 bits per heavy atom. The molecule has 2 rings (SSSR count). The maximum absolute atomic E-state index is 11.1. The van der Waals surface area contributed by atoms with Crippen LogP contribution >= 0.6 is 0 Å². The number of carbonyl (C=O) groups excluding carboxylic acids is 1. The maximum Gasteiger partial charge on any atom is 0.327 e. The highest BCUT2D eigenvalue weighted by molar-refractivity contribution is 5.76. The minimum absolute atomic E-state index is 0.0340. The lowest BCUT2D eigenvalue weighted by Gasteiger charge is -1.89. The number of H-pyrrole nitrogens is 2. The second kappa shape index (κ2) is 2.41. The van der Waals surface area contributed by atoms with Gasteiger partial charge in [-0.3, -0.25) is 24.1 Å². The van der Waals surface area contributed by atoms with E-state index in [1.165, 1.54) is 0 Å². The van der Waals surface area contributed by atoms with Gasteiger partial charge in [0.25, 0.3) is 5.56 Å². The second-order valence-corrected chi connectivity index (χ2v) is 2.36. The van der Waals surface area contributed by atoms with Crippen molar-refractivity contribution in [2.75, 3.05) is 0 Å². The van der Waals surface area contributed by atoms with Crippen molar-refractivity contribution in [3.63, 3.8) is 0 Å². The molecule has 0 unspecified atom stereocenters. The van der Waals surface area contributed by atoms with E-state index in [1.807, 2.05) is 4.98 Å². The van der Waals surface area contributed by atoms with Crippen molar-refractivity contribution in [1.29, 1.82) is 0 Å². The molecule has 7 nitrogen and oxygen atoms in total. The van der Waals surface area contributed by atoms with Crippen LogP contribution in [0.4, 0.5) is 0 Å². The van der Waals surface area contributed by atoms with Crippen molar-refractivity contribution in [2.24, 2.45) is 0 Å². The van der Waals surface area contributed by atoms with Crippen LogP contribution in [0.3, 0.4) is 0 Å². The molecule has 2 aromatic heterocycles. The van der Waals surface area contributed by atoms with Gasteiger partial charge in [-0.05, 0) is 0 Å². The van der Waals surface area contributed by atoms with E-state index in [4.69, 9.17) is 0 Å². The number of fused-ring (bicyclic) bond motifs is 1. The molecule has 0 radical (unpaired) electrons. The summed E-state index contributed by atoms with van der Waals surface area (Å²) >= 11 is 0. The van der Waals surface area contributed by atoms with Crippen LogP contribution in [0.5, 0.6) is 0 Å². The maximum atomic E-state index is 11.1. The Morgan fingerprint density at radius 3 is 2.85 bits per heavy atom. The molecule has 13 heavy (non-hydrogen) atoms. The molecule has 0 saturated carbocycles. The standard InChI is InChI=1S/C6H4N4O3/c11-2-10-1-7-3-4(10)8-6(13)9-5(3)12/h1-2H,(H2,8,9,12,13). The lowest BCUT2D eigenvalue weighted by Crippen LogP contribution is -2.22. The number of aromatic amines is 2. The van der Waals surface area contributed by atoms with E-state index in [-0.39, 0.29) is 11.2 Å². The SMILES string of the molecule is O=Cn1cnc2c(=O)[nH]c(=O)[nH]c21. The Bertz CT molecular complexity index is 575. The van der Waals surface area contributed by atoms with Gasteiger partial charge in [0.1, 0.15) is 6.33 Å². The summed E-state index contributed by atoms with van der Waals surface area (Å²) in [4.78, 5) is 40.2. The Kier molecular flexibility index (Phi) is 1.38. The van der Waals surface area contributed by atoms with Crippen molar-refractivity contribution < 1.29 is 4.79 Å².